The fourth-order valence-electron chi connectivity index (χ4n) is 2.50. The summed E-state index contributed by atoms with van der Waals surface area (Å²) < 4.78 is 7.63. The predicted molar refractivity (Wildman–Crippen MR) is 90.2 cm³/mol. The molecule has 1 saturated carbocycles. The van der Waals surface area contributed by atoms with E-state index in [1.54, 1.807) is 0 Å². The lowest BCUT2D eigenvalue weighted by atomic mass is 10.2. The Labute approximate surface area is 139 Å². The maximum Gasteiger partial charge on any atom is 0.410 e. The highest BCUT2D eigenvalue weighted by Gasteiger charge is 2.34. The third kappa shape index (κ3) is 5.86. The first-order chi connectivity index (χ1) is 10.9. The molecule has 0 aliphatic heterocycles. The van der Waals surface area contributed by atoms with Gasteiger partial charge in [0, 0.05) is 31.9 Å². The second kappa shape index (κ2) is 7.81. The van der Waals surface area contributed by atoms with Gasteiger partial charge >= 0.3 is 6.09 Å². The molecular weight excluding hydrogens is 292 g/mol. The highest BCUT2D eigenvalue weighted by Crippen LogP contribution is 2.28. The molecule has 23 heavy (non-hydrogen) atoms. The van der Waals surface area contributed by atoms with Gasteiger partial charge in [0.15, 0.2) is 0 Å². The summed E-state index contributed by atoms with van der Waals surface area (Å²) in [4.78, 5) is 18.3. The first-order valence-corrected chi connectivity index (χ1v) is 8.60. The maximum absolute atomic E-state index is 12.2. The van der Waals surface area contributed by atoms with Crippen molar-refractivity contribution in [3.8, 4) is 0 Å². The molecule has 0 radical (unpaired) electrons. The fourth-order valence-corrected chi connectivity index (χ4v) is 2.50. The number of nitrogens with one attached hydrogen (secondary N) is 1. The van der Waals surface area contributed by atoms with Crippen LogP contribution in [0.2, 0.25) is 0 Å². The molecule has 0 aromatic carbocycles. The third-order valence-corrected chi connectivity index (χ3v) is 3.81. The van der Waals surface area contributed by atoms with Gasteiger partial charge in [-0.05, 0) is 53.5 Å². The zero-order chi connectivity index (χ0) is 16.9. The standard InChI is InChI=1S/C17H30N4O2/c1-5-20-13-19-12-15(20)11-18-9-6-10-21(14-7-8-14)16(22)23-17(2,3)4/h12-14,18H,5-11H2,1-4H3. The Hall–Kier alpha value is -1.56. The van der Waals surface area contributed by atoms with E-state index in [1.165, 1.54) is 5.69 Å². The van der Waals surface area contributed by atoms with E-state index >= 15 is 0 Å². The highest BCUT2D eigenvalue weighted by molar-refractivity contribution is 5.69. The average Bonchev–Trinajstić information content (AvgIpc) is 3.19. The Morgan fingerprint density at radius 2 is 2.22 bits per heavy atom. The lowest BCUT2D eigenvalue weighted by Gasteiger charge is -2.27. The van der Waals surface area contributed by atoms with E-state index in [1.807, 2.05) is 38.2 Å². The van der Waals surface area contributed by atoms with Crippen LogP contribution in [0.1, 0.15) is 52.7 Å². The van der Waals surface area contributed by atoms with Crippen molar-refractivity contribution in [2.45, 2.75) is 71.7 Å². The number of aryl methyl sites for hydroxylation is 1. The number of nitrogens with zero attached hydrogens (tertiary/aromatic N) is 3. The van der Waals surface area contributed by atoms with Gasteiger partial charge < -0.3 is 19.5 Å². The normalized spacial score (nSPS) is 14.8. The van der Waals surface area contributed by atoms with E-state index in [2.05, 4.69) is 21.8 Å². The molecule has 1 amide bonds. The average molecular weight is 322 g/mol. The van der Waals surface area contributed by atoms with E-state index in [0.29, 0.717) is 6.04 Å². The lowest BCUT2D eigenvalue weighted by Crippen LogP contribution is -2.39. The van der Waals surface area contributed by atoms with Crippen molar-refractivity contribution in [1.82, 2.24) is 19.8 Å². The fraction of sp³-hybridized carbons (Fsp3) is 0.765. The summed E-state index contributed by atoms with van der Waals surface area (Å²) in [5.74, 6) is 0. The first-order valence-electron chi connectivity index (χ1n) is 8.60. The number of aromatic nitrogens is 2. The van der Waals surface area contributed by atoms with E-state index in [0.717, 1.165) is 45.4 Å². The zero-order valence-corrected chi connectivity index (χ0v) is 14.8. The molecule has 0 unspecified atom stereocenters. The molecule has 2 rings (SSSR count). The monoisotopic (exact) mass is 322 g/mol. The van der Waals surface area contributed by atoms with Crippen molar-refractivity contribution < 1.29 is 9.53 Å². The summed E-state index contributed by atoms with van der Waals surface area (Å²) in [6.45, 7) is 11.2. The lowest BCUT2D eigenvalue weighted by molar-refractivity contribution is 0.0232. The molecular formula is C17H30N4O2. The van der Waals surface area contributed by atoms with Crippen LogP contribution in [0.25, 0.3) is 0 Å². The highest BCUT2D eigenvalue weighted by atomic mass is 16.6. The van der Waals surface area contributed by atoms with Gasteiger partial charge in [-0.25, -0.2) is 9.78 Å². The van der Waals surface area contributed by atoms with Gasteiger partial charge in [0.25, 0.3) is 0 Å². The Bertz CT molecular complexity index is 503. The van der Waals surface area contributed by atoms with Crippen LogP contribution < -0.4 is 5.32 Å². The Balaban J connectivity index is 1.69. The molecule has 1 fully saturated rings. The number of rotatable bonds is 8. The molecule has 1 aromatic rings. The Morgan fingerprint density at radius 3 is 2.83 bits per heavy atom. The van der Waals surface area contributed by atoms with Crippen molar-refractivity contribution in [3.05, 3.63) is 18.2 Å². The van der Waals surface area contributed by atoms with Crippen LogP contribution in [0.5, 0.6) is 0 Å². The predicted octanol–water partition coefficient (Wildman–Crippen LogP) is 2.78. The van der Waals surface area contributed by atoms with Gasteiger partial charge in [0.2, 0.25) is 0 Å². The van der Waals surface area contributed by atoms with Gasteiger partial charge in [0.05, 0.1) is 12.0 Å². The van der Waals surface area contributed by atoms with Crippen LogP contribution in [0, 0.1) is 0 Å². The molecule has 0 spiro atoms. The van der Waals surface area contributed by atoms with Crippen LogP contribution in [0.15, 0.2) is 12.5 Å². The molecule has 130 valence electrons. The van der Waals surface area contributed by atoms with Crippen LogP contribution in [-0.2, 0) is 17.8 Å². The molecule has 1 aliphatic carbocycles. The van der Waals surface area contributed by atoms with E-state index in [-0.39, 0.29) is 6.09 Å². The number of amides is 1. The summed E-state index contributed by atoms with van der Waals surface area (Å²) in [6, 6.07) is 0.381. The molecule has 0 saturated heterocycles. The Morgan fingerprint density at radius 1 is 1.48 bits per heavy atom. The number of hydrogen-bond acceptors (Lipinski definition) is 4. The van der Waals surface area contributed by atoms with Crippen LogP contribution in [-0.4, -0.2) is 45.3 Å². The number of carbonyl (C=O) groups is 1. The topological polar surface area (TPSA) is 59.4 Å². The van der Waals surface area contributed by atoms with Gasteiger partial charge in [-0.3, -0.25) is 0 Å². The summed E-state index contributed by atoms with van der Waals surface area (Å²) in [6.07, 6.45) is 6.70. The van der Waals surface area contributed by atoms with Crippen molar-refractivity contribution in [3.63, 3.8) is 0 Å². The minimum Gasteiger partial charge on any atom is -0.444 e. The van der Waals surface area contributed by atoms with Crippen molar-refractivity contribution in [1.29, 1.82) is 0 Å². The summed E-state index contributed by atoms with van der Waals surface area (Å²) in [5, 5.41) is 3.42. The van der Waals surface area contributed by atoms with E-state index in [4.69, 9.17) is 4.74 Å². The van der Waals surface area contributed by atoms with Gasteiger partial charge in [-0.15, -0.1) is 0 Å². The first kappa shape index (κ1) is 17.8. The van der Waals surface area contributed by atoms with Crippen LogP contribution >= 0.6 is 0 Å². The van der Waals surface area contributed by atoms with Crippen molar-refractivity contribution >= 4 is 6.09 Å². The van der Waals surface area contributed by atoms with E-state index < -0.39 is 5.60 Å². The molecule has 1 aromatic heterocycles. The largest absolute Gasteiger partial charge is 0.444 e. The summed E-state index contributed by atoms with van der Waals surface area (Å²) in [5.41, 5.74) is 0.764. The molecule has 6 heteroatoms. The third-order valence-electron chi connectivity index (χ3n) is 3.81. The summed E-state index contributed by atoms with van der Waals surface area (Å²) in [7, 11) is 0. The van der Waals surface area contributed by atoms with E-state index in [9.17, 15) is 4.79 Å². The molecule has 6 nitrogen and oxygen atoms in total. The number of ether oxygens (including phenoxy) is 1. The van der Waals surface area contributed by atoms with Gasteiger partial charge in [-0.2, -0.15) is 0 Å². The molecule has 0 atom stereocenters. The second-order valence-corrected chi connectivity index (χ2v) is 7.11. The second-order valence-electron chi connectivity index (χ2n) is 7.11. The zero-order valence-electron chi connectivity index (χ0n) is 14.8. The van der Waals surface area contributed by atoms with Gasteiger partial charge in [-0.1, -0.05) is 0 Å². The molecule has 1 N–H and O–H groups in total. The smallest absolute Gasteiger partial charge is 0.410 e. The number of hydrogen-bond donors (Lipinski definition) is 1. The maximum atomic E-state index is 12.2. The SMILES string of the molecule is CCn1cncc1CNCCCN(C(=O)OC(C)(C)C)C1CC1. The number of imidazole rings is 1. The minimum atomic E-state index is -0.430. The summed E-state index contributed by atoms with van der Waals surface area (Å²) >= 11 is 0. The molecule has 1 aliphatic rings. The van der Waals surface area contributed by atoms with Crippen molar-refractivity contribution in [2.24, 2.45) is 0 Å². The van der Waals surface area contributed by atoms with Crippen LogP contribution in [0.3, 0.4) is 0 Å². The molecule has 1 heterocycles. The van der Waals surface area contributed by atoms with Crippen LogP contribution in [0.4, 0.5) is 4.79 Å². The van der Waals surface area contributed by atoms with Crippen molar-refractivity contribution in [2.75, 3.05) is 13.1 Å². The molecule has 0 bridgehead atoms. The quantitative estimate of drug-likeness (QED) is 0.748. The minimum absolute atomic E-state index is 0.177. The Kier molecular flexibility index (Phi) is 6.04. The van der Waals surface area contributed by atoms with Gasteiger partial charge in [0.1, 0.15) is 5.60 Å². The number of carbonyl (C=O) groups excluding carboxylic acids is 1.